The van der Waals surface area contributed by atoms with Gasteiger partial charge in [-0.2, -0.15) is 5.10 Å². The molecule has 1 amide bonds. The first-order chi connectivity index (χ1) is 9.10. The number of nitrogens with one attached hydrogen (secondary N) is 1. The topological polar surface area (TPSA) is 59.8 Å². The quantitative estimate of drug-likeness (QED) is 0.915. The predicted molar refractivity (Wildman–Crippen MR) is 76.4 cm³/mol. The molecule has 1 unspecified atom stereocenters. The van der Waals surface area contributed by atoms with E-state index >= 15 is 0 Å². The maximum atomic E-state index is 12.0. The Balaban J connectivity index is 2.01. The second-order valence-electron chi connectivity index (χ2n) is 4.50. The van der Waals surface area contributed by atoms with Crippen LogP contribution in [0.5, 0.6) is 0 Å². The van der Waals surface area contributed by atoms with Crippen molar-refractivity contribution in [3.05, 3.63) is 28.3 Å². The van der Waals surface area contributed by atoms with E-state index in [0.717, 1.165) is 22.9 Å². The molecule has 19 heavy (non-hydrogen) atoms. The van der Waals surface area contributed by atoms with Crippen LogP contribution >= 0.6 is 11.3 Å². The van der Waals surface area contributed by atoms with Crippen LogP contribution in [0.4, 0.5) is 5.82 Å². The molecule has 0 aliphatic carbocycles. The summed E-state index contributed by atoms with van der Waals surface area (Å²) in [7, 11) is 0. The molecule has 0 bridgehead atoms. The van der Waals surface area contributed by atoms with Gasteiger partial charge in [0.1, 0.15) is 5.82 Å². The van der Waals surface area contributed by atoms with E-state index in [1.165, 1.54) is 0 Å². The normalized spacial score (nSPS) is 12.4. The minimum Gasteiger partial charge on any atom is -0.311 e. The van der Waals surface area contributed by atoms with Gasteiger partial charge in [-0.1, -0.05) is 6.92 Å². The van der Waals surface area contributed by atoms with Crippen LogP contribution in [-0.2, 0) is 11.2 Å². The first kappa shape index (κ1) is 13.7. The molecule has 2 aromatic heterocycles. The van der Waals surface area contributed by atoms with E-state index in [1.54, 1.807) is 17.5 Å². The molecule has 2 rings (SSSR count). The maximum absolute atomic E-state index is 12.0. The number of carbonyl (C=O) groups is 1. The Kier molecular flexibility index (Phi) is 4.31. The van der Waals surface area contributed by atoms with Crippen molar-refractivity contribution in [2.45, 2.75) is 39.7 Å². The summed E-state index contributed by atoms with van der Waals surface area (Å²) < 4.78 is 1.84. The number of rotatable bonds is 5. The highest BCUT2D eigenvalue weighted by atomic mass is 32.1. The lowest BCUT2D eigenvalue weighted by Crippen LogP contribution is -2.19. The molecule has 0 aromatic carbocycles. The number of thiazole rings is 1. The van der Waals surface area contributed by atoms with E-state index in [-0.39, 0.29) is 11.9 Å². The standard InChI is InChI=1S/C13H18N4OS/c1-4-9(2)17-12(5-6-14-17)16-13(18)7-11-8-19-10(3)15-11/h5-6,8-9H,4,7H2,1-3H3,(H,16,18). The zero-order chi connectivity index (χ0) is 13.8. The van der Waals surface area contributed by atoms with Gasteiger partial charge < -0.3 is 5.32 Å². The Labute approximate surface area is 116 Å². The van der Waals surface area contributed by atoms with Crippen molar-refractivity contribution in [1.29, 1.82) is 0 Å². The number of aryl methyl sites for hydroxylation is 1. The Bertz CT molecular complexity index is 560. The second kappa shape index (κ2) is 5.97. The van der Waals surface area contributed by atoms with Crippen LogP contribution in [0.1, 0.15) is 37.0 Å². The zero-order valence-electron chi connectivity index (χ0n) is 11.4. The molecular weight excluding hydrogens is 260 g/mol. The smallest absolute Gasteiger partial charge is 0.231 e. The van der Waals surface area contributed by atoms with E-state index in [4.69, 9.17) is 0 Å². The second-order valence-corrected chi connectivity index (χ2v) is 5.56. The maximum Gasteiger partial charge on any atom is 0.231 e. The molecule has 1 N–H and O–H groups in total. The van der Waals surface area contributed by atoms with Gasteiger partial charge in [0.25, 0.3) is 0 Å². The van der Waals surface area contributed by atoms with Crippen LogP contribution in [0.25, 0.3) is 0 Å². The van der Waals surface area contributed by atoms with Crippen LogP contribution in [0.2, 0.25) is 0 Å². The molecule has 6 heteroatoms. The SMILES string of the molecule is CCC(C)n1nccc1NC(=O)Cc1csc(C)n1. The molecular formula is C13H18N4OS. The summed E-state index contributed by atoms with van der Waals surface area (Å²) in [6.45, 7) is 6.10. The van der Waals surface area contributed by atoms with Crippen molar-refractivity contribution < 1.29 is 4.79 Å². The van der Waals surface area contributed by atoms with Crippen molar-refractivity contribution >= 4 is 23.1 Å². The molecule has 5 nitrogen and oxygen atoms in total. The number of amides is 1. The lowest BCUT2D eigenvalue weighted by atomic mass is 10.3. The van der Waals surface area contributed by atoms with Crippen molar-refractivity contribution in [2.24, 2.45) is 0 Å². The number of hydrogen-bond acceptors (Lipinski definition) is 4. The first-order valence-corrected chi connectivity index (χ1v) is 7.22. The van der Waals surface area contributed by atoms with Crippen molar-refractivity contribution in [3.8, 4) is 0 Å². The third-order valence-corrected chi connectivity index (χ3v) is 3.78. The van der Waals surface area contributed by atoms with Crippen LogP contribution < -0.4 is 5.32 Å². The number of carbonyl (C=O) groups excluding carboxylic acids is 1. The predicted octanol–water partition coefficient (Wildman–Crippen LogP) is 2.80. The fourth-order valence-corrected chi connectivity index (χ4v) is 2.39. The monoisotopic (exact) mass is 278 g/mol. The Morgan fingerprint density at radius 3 is 3.00 bits per heavy atom. The molecule has 102 valence electrons. The van der Waals surface area contributed by atoms with Crippen molar-refractivity contribution in [2.75, 3.05) is 5.32 Å². The minimum absolute atomic E-state index is 0.0599. The Morgan fingerprint density at radius 2 is 2.37 bits per heavy atom. The lowest BCUT2D eigenvalue weighted by Gasteiger charge is -2.13. The summed E-state index contributed by atoms with van der Waals surface area (Å²) >= 11 is 1.56. The molecule has 0 aliphatic heterocycles. The van der Waals surface area contributed by atoms with Gasteiger partial charge in [-0.25, -0.2) is 9.67 Å². The van der Waals surface area contributed by atoms with Gasteiger partial charge in [-0.05, 0) is 20.3 Å². The van der Waals surface area contributed by atoms with E-state index in [0.29, 0.717) is 6.42 Å². The Hall–Kier alpha value is -1.69. The van der Waals surface area contributed by atoms with Crippen molar-refractivity contribution in [1.82, 2.24) is 14.8 Å². The molecule has 0 saturated heterocycles. The molecule has 0 radical (unpaired) electrons. The number of nitrogens with zero attached hydrogens (tertiary/aromatic N) is 3. The van der Waals surface area contributed by atoms with Gasteiger partial charge >= 0.3 is 0 Å². The molecule has 0 spiro atoms. The van der Waals surface area contributed by atoms with Crippen molar-refractivity contribution in [3.63, 3.8) is 0 Å². The van der Waals surface area contributed by atoms with E-state index in [9.17, 15) is 4.79 Å². The van der Waals surface area contributed by atoms with Gasteiger partial charge in [0.15, 0.2) is 0 Å². The van der Waals surface area contributed by atoms with Crippen LogP contribution in [-0.4, -0.2) is 20.7 Å². The average Bonchev–Trinajstić information content (AvgIpc) is 2.97. The van der Waals surface area contributed by atoms with E-state index in [1.807, 2.05) is 23.1 Å². The van der Waals surface area contributed by atoms with Gasteiger partial charge in [-0.3, -0.25) is 4.79 Å². The van der Waals surface area contributed by atoms with Gasteiger partial charge in [-0.15, -0.1) is 11.3 Å². The number of hydrogen-bond donors (Lipinski definition) is 1. The number of aromatic nitrogens is 3. The Morgan fingerprint density at radius 1 is 1.58 bits per heavy atom. The highest BCUT2D eigenvalue weighted by molar-refractivity contribution is 7.09. The summed E-state index contributed by atoms with van der Waals surface area (Å²) in [6.07, 6.45) is 2.97. The lowest BCUT2D eigenvalue weighted by molar-refractivity contribution is -0.115. The summed E-state index contributed by atoms with van der Waals surface area (Å²) in [5.41, 5.74) is 0.814. The first-order valence-electron chi connectivity index (χ1n) is 6.34. The summed E-state index contributed by atoms with van der Waals surface area (Å²) in [4.78, 5) is 16.3. The van der Waals surface area contributed by atoms with E-state index < -0.39 is 0 Å². The fourth-order valence-electron chi connectivity index (χ4n) is 1.78. The van der Waals surface area contributed by atoms with Gasteiger partial charge in [0, 0.05) is 11.4 Å². The van der Waals surface area contributed by atoms with E-state index in [2.05, 4.69) is 29.2 Å². The molecule has 1 atom stereocenters. The molecule has 0 aliphatic rings. The summed E-state index contributed by atoms with van der Waals surface area (Å²) in [6, 6.07) is 2.09. The third-order valence-electron chi connectivity index (χ3n) is 2.95. The van der Waals surface area contributed by atoms with Gasteiger partial charge in [0.2, 0.25) is 5.91 Å². The van der Waals surface area contributed by atoms with Crippen LogP contribution in [0.15, 0.2) is 17.6 Å². The summed E-state index contributed by atoms with van der Waals surface area (Å²) in [5.74, 6) is 0.682. The van der Waals surface area contributed by atoms with Crippen LogP contribution in [0, 0.1) is 6.92 Å². The molecule has 2 aromatic rings. The third kappa shape index (κ3) is 3.41. The largest absolute Gasteiger partial charge is 0.311 e. The molecule has 0 saturated carbocycles. The minimum atomic E-state index is -0.0599. The highest BCUT2D eigenvalue weighted by Gasteiger charge is 2.12. The number of anilines is 1. The average molecular weight is 278 g/mol. The van der Waals surface area contributed by atoms with Crippen LogP contribution in [0.3, 0.4) is 0 Å². The zero-order valence-corrected chi connectivity index (χ0v) is 12.2. The molecule has 2 heterocycles. The highest BCUT2D eigenvalue weighted by Crippen LogP contribution is 2.17. The van der Waals surface area contributed by atoms with Gasteiger partial charge in [0.05, 0.1) is 29.4 Å². The molecule has 0 fully saturated rings. The fraction of sp³-hybridized carbons (Fsp3) is 0.462. The summed E-state index contributed by atoms with van der Waals surface area (Å²) in [5, 5.41) is 10.0.